The summed E-state index contributed by atoms with van der Waals surface area (Å²) in [6.45, 7) is 0. The van der Waals surface area contributed by atoms with Crippen LogP contribution in [0.4, 0.5) is 5.69 Å². The second-order valence-electron chi connectivity index (χ2n) is 6.05. The molecule has 0 aromatic heterocycles. The molecule has 0 aliphatic heterocycles. The highest BCUT2D eigenvalue weighted by Crippen LogP contribution is 2.43. The first-order chi connectivity index (χ1) is 13.0. The molecule has 1 aliphatic rings. The number of carbonyl (C=O) groups is 2. The van der Waals surface area contributed by atoms with Crippen molar-refractivity contribution in [2.24, 2.45) is 0 Å². The van der Waals surface area contributed by atoms with Crippen molar-refractivity contribution >= 4 is 17.3 Å². The van der Waals surface area contributed by atoms with E-state index in [1.165, 1.54) is 6.07 Å². The number of fused-ring (bicyclic) bond motifs is 2. The van der Waals surface area contributed by atoms with Gasteiger partial charge in [0.05, 0.1) is 23.9 Å². The molecule has 0 radical (unpaired) electrons. The normalized spacial score (nSPS) is 12.3. The van der Waals surface area contributed by atoms with Gasteiger partial charge in [0.15, 0.2) is 17.3 Å². The Morgan fingerprint density at radius 2 is 1.41 bits per heavy atom. The Bertz CT molecular complexity index is 1090. The number of ketones is 2. The largest absolute Gasteiger partial charge is 0.507 e. The SMILES string of the molecule is COc1ccc(Oc2c(N)cc(O)c3c2C(=O)c2ccccc2C3=O)cc1. The zero-order chi connectivity index (χ0) is 19.1. The Hall–Kier alpha value is -3.80. The fourth-order valence-electron chi connectivity index (χ4n) is 3.14. The average Bonchev–Trinajstić information content (AvgIpc) is 2.68. The molecule has 134 valence electrons. The Kier molecular flexibility index (Phi) is 3.81. The van der Waals surface area contributed by atoms with Gasteiger partial charge in [-0.3, -0.25) is 9.59 Å². The van der Waals surface area contributed by atoms with Crippen LogP contribution in [-0.2, 0) is 0 Å². The number of benzene rings is 3. The fraction of sp³-hybridized carbons (Fsp3) is 0.0476. The average molecular weight is 361 g/mol. The van der Waals surface area contributed by atoms with Gasteiger partial charge in [-0.25, -0.2) is 0 Å². The van der Waals surface area contributed by atoms with E-state index in [1.807, 2.05) is 0 Å². The van der Waals surface area contributed by atoms with E-state index in [9.17, 15) is 14.7 Å². The first kappa shape index (κ1) is 16.7. The summed E-state index contributed by atoms with van der Waals surface area (Å²) < 4.78 is 10.9. The number of hydrogen-bond acceptors (Lipinski definition) is 6. The minimum absolute atomic E-state index is 0.0352. The number of rotatable bonds is 3. The molecule has 0 bridgehead atoms. The van der Waals surface area contributed by atoms with Crippen molar-refractivity contribution in [3.8, 4) is 23.0 Å². The van der Waals surface area contributed by atoms with Crippen LogP contribution >= 0.6 is 0 Å². The molecule has 4 rings (SSSR count). The van der Waals surface area contributed by atoms with Crippen molar-refractivity contribution in [2.75, 3.05) is 12.8 Å². The van der Waals surface area contributed by atoms with Crippen molar-refractivity contribution in [3.05, 3.63) is 76.9 Å². The molecule has 0 spiro atoms. The first-order valence-corrected chi connectivity index (χ1v) is 8.17. The van der Waals surface area contributed by atoms with E-state index in [4.69, 9.17) is 15.2 Å². The van der Waals surface area contributed by atoms with Gasteiger partial charge in [-0.15, -0.1) is 0 Å². The lowest BCUT2D eigenvalue weighted by Gasteiger charge is -2.22. The van der Waals surface area contributed by atoms with Gasteiger partial charge < -0.3 is 20.3 Å². The maximum Gasteiger partial charge on any atom is 0.198 e. The van der Waals surface area contributed by atoms with Crippen molar-refractivity contribution < 1.29 is 24.2 Å². The predicted molar refractivity (Wildman–Crippen MR) is 98.9 cm³/mol. The fourth-order valence-corrected chi connectivity index (χ4v) is 3.14. The Balaban J connectivity index is 1.89. The van der Waals surface area contributed by atoms with Gasteiger partial charge in [0.2, 0.25) is 0 Å². The van der Waals surface area contributed by atoms with Crippen LogP contribution in [0.2, 0.25) is 0 Å². The van der Waals surface area contributed by atoms with E-state index in [2.05, 4.69) is 0 Å². The summed E-state index contributed by atoms with van der Waals surface area (Å²) in [5.74, 6) is -0.125. The van der Waals surface area contributed by atoms with E-state index in [0.29, 0.717) is 11.5 Å². The molecule has 0 saturated carbocycles. The zero-order valence-corrected chi connectivity index (χ0v) is 14.4. The quantitative estimate of drug-likeness (QED) is 0.542. The van der Waals surface area contributed by atoms with Crippen molar-refractivity contribution in [1.82, 2.24) is 0 Å². The second-order valence-corrected chi connectivity index (χ2v) is 6.05. The number of nitrogen functional groups attached to an aromatic ring is 1. The summed E-state index contributed by atoms with van der Waals surface area (Å²) in [6.07, 6.45) is 0. The van der Waals surface area contributed by atoms with Gasteiger partial charge in [-0.2, -0.15) is 0 Å². The molecule has 1 aliphatic carbocycles. The second kappa shape index (κ2) is 6.17. The molecule has 27 heavy (non-hydrogen) atoms. The molecule has 0 atom stereocenters. The van der Waals surface area contributed by atoms with Crippen LogP contribution in [0.15, 0.2) is 54.6 Å². The van der Waals surface area contributed by atoms with Gasteiger partial charge in [-0.1, -0.05) is 24.3 Å². The highest BCUT2D eigenvalue weighted by Gasteiger charge is 2.36. The smallest absolute Gasteiger partial charge is 0.198 e. The molecule has 0 unspecified atom stereocenters. The number of ether oxygens (including phenoxy) is 2. The summed E-state index contributed by atoms with van der Waals surface area (Å²) in [5, 5.41) is 10.3. The Morgan fingerprint density at radius 3 is 2.00 bits per heavy atom. The maximum atomic E-state index is 13.1. The molecule has 0 saturated heterocycles. The van der Waals surface area contributed by atoms with Gasteiger partial charge in [-0.05, 0) is 24.3 Å². The van der Waals surface area contributed by atoms with Crippen molar-refractivity contribution in [3.63, 3.8) is 0 Å². The van der Waals surface area contributed by atoms with Crippen LogP contribution < -0.4 is 15.2 Å². The van der Waals surface area contributed by atoms with Gasteiger partial charge >= 0.3 is 0 Å². The monoisotopic (exact) mass is 361 g/mol. The number of methoxy groups -OCH3 is 1. The first-order valence-electron chi connectivity index (χ1n) is 8.17. The lowest BCUT2D eigenvalue weighted by molar-refractivity contribution is 0.0974. The minimum Gasteiger partial charge on any atom is -0.507 e. The van der Waals surface area contributed by atoms with E-state index in [1.54, 1.807) is 55.6 Å². The van der Waals surface area contributed by atoms with E-state index < -0.39 is 11.6 Å². The summed E-state index contributed by atoms with van der Waals surface area (Å²) in [5.41, 5.74) is 6.42. The van der Waals surface area contributed by atoms with Crippen LogP contribution in [0.5, 0.6) is 23.0 Å². The zero-order valence-electron chi connectivity index (χ0n) is 14.4. The molecular weight excluding hydrogens is 346 g/mol. The van der Waals surface area contributed by atoms with Gasteiger partial charge in [0, 0.05) is 17.2 Å². The van der Waals surface area contributed by atoms with E-state index in [0.717, 1.165) is 0 Å². The highest BCUT2D eigenvalue weighted by atomic mass is 16.5. The molecule has 6 heteroatoms. The number of hydrogen-bond donors (Lipinski definition) is 2. The maximum absolute atomic E-state index is 13.1. The summed E-state index contributed by atoms with van der Waals surface area (Å²) in [7, 11) is 1.55. The Labute approximate surface area is 154 Å². The van der Waals surface area contributed by atoms with Crippen LogP contribution in [0.1, 0.15) is 31.8 Å². The summed E-state index contributed by atoms with van der Waals surface area (Å²) >= 11 is 0. The molecule has 3 N–H and O–H groups in total. The van der Waals surface area contributed by atoms with Crippen LogP contribution in [-0.4, -0.2) is 23.8 Å². The lowest BCUT2D eigenvalue weighted by Crippen LogP contribution is -2.22. The minimum atomic E-state index is -0.447. The third kappa shape index (κ3) is 2.58. The molecule has 0 fully saturated rings. The predicted octanol–water partition coefficient (Wildman–Crippen LogP) is 3.55. The van der Waals surface area contributed by atoms with Crippen LogP contribution in [0.25, 0.3) is 0 Å². The highest BCUT2D eigenvalue weighted by molar-refractivity contribution is 6.30. The van der Waals surface area contributed by atoms with Gasteiger partial charge in [0.25, 0.3) is 0 Å². The number of aromatic hydroxyl groups is 1. The summed E-state index contributed by atoms with van der Waals surface area (Å²) in [4.78, 5) is 25.9. The van der Waals surface area contributed by atoms with E-state index >= 15 is 0 Å². The lowest BCUT2D eigenvalue weighted by atomic mass is 9.82. The van der Waals surface area contributed by atoms with Crippen LogP contribution in [0, 0.1) is 0 Å². The van der Waals surface area contributed by atoms with Crippen LogP contribution in [0.3, 0.4) is 0 Å². The topological polar surface area (TPSA) is 98.8 Å². The molecule has 0 heterocycles. The van der Waals surface area contributed by atoms with E-state index in [-0.39, 0.29) is 39.4 Å². The Morgan fingerprint density at radius 1 is 0.852 bits per heavy atom. The molecule has 6 nitrogen and oxygen atoms in total. The third-order valence-electron chi connectivity index (χ3n) is 4.44. The number of nitrogens with two attached hydrogens (primary N) is 1. The molecular formula is C21H15NO5. The molecule has 3 aromatic rings. The number of anilines is 1. The number of phenolic OH excluding ortho intramolecular Hbond substituents is 1. The van der Waals surface area contributed by atoms with Crippen molar-refractivity contribution in [2.45, 2.75) is 0 Å². The number of phenols is 1. The standard InChI is InChI=1S/C21H15NO5/c1-26-11-6-8-12(9-7-11)27-21-15(22)10-16(23)17-18(21)20(25)14-5-3-2-4-13(14)19(17)24/h2-10,23H,22H2,1H3. The number of carbonyl (C=O) groups excluding carboxylic acids is 2. The van der Waals surface area contributed by atoms with Crippen molar-refractivity contribution in [1.29, 1.82) is 0 Å². The van der Waals surface area contributed by atoms with Gasteiger partial charge in [0.1, 0.15) is 17.2 Å². The molecule has 0 amide bonds. The third-order valence-corrected chi connectivity index (χ3v) is 4.44. The molecule has 3 aromatic carbocycles. The summed E-state index contributed by atoms with van der Waals surface area (Å²) in [6, 6.07) is 14.4.